The molecule has 0 fully saturated rings. The zero-order chi connectivity index (χ0) is 33.5. The third kappa shape index (κ3) is 4.40. The van der Waals surface area contributed by atoms with Crippen molar-refractivity contribution in [3.8, 4) is 45.3 Å². The van der Waals surface area contributed by atoms with Gasteiger partial charge in [0.25, 0.3) is 0 Å². The molecule has 0 spiro atoms. The van der Waals surface area contributed by atoms with Gasteiger partial charge in [0.2, 0.25) is 0 Å². The second kappa shape index (κ2) is 10.9. The van der Waals surface area contributed by atoms with Crippen molar-refractivity contribution in [3.05, 3.63) is 145 Å². The molecule has 6 nitrogen and oxygen atoms in total. The highest BCUT2D eigenvalue weighted by Gasteiger charge is 2.21. The second-order valence-electron chi connectivity index (χ2n) is 13.0. The maximum absolute atomic E-state index is 6.46. The molecule has 0 radical (unpaired) electrons. The number of rotatable bonds is 4. The van der Waals surface area contributed by atoms with Crippen molar-refractivity contribution in [1.82, 2.24) is 15.0 Å². The summed E-state index contributed by atoms with van der Waals surface area (Å²) < 4.78 is 19.0. The van der Waals surface area contributed by atoms with Gasteiger partial charge < -0.3 is 13.3 Å². The summed E-state index contributed by atoms with van der Waals surface area (Å²) in [4.78, 5) is 15.2. The van der Waals surface area contributed by atoms with Gasteiger partial charge in [0.05, 0.1) is 0 Å². The van der Waals surface area contributed by atoms with E-state index in [1.54, 1.807) is 0 Å². The number of nitrogens with zero attached hydrogens (tertiary/aromatic N) is 3. The van der Waals surface area contributed by atoms with Gasteiger partial charge in [0, 0.05) is 55.6 Å². The van der Waals surface area contributed by atoms with Gasteiger partial charge in [-0.25, -0.2) is 15.0 Å². The molecule has 6 aromatic carbocycles. The number of hydrogen-bond acceptors (Lipinski definition) is 6. The number of furan rings is 3. The fourth-order valence-electron chi connectivity index (χ4n) is 7.63. The second-order valence-corrected chi connectivity index (χ2v) is 13.0. The normalized spacial score (nSPS) is 12.9. The molecule has 4 heterocycles. The zero-order valence-electron chi connectivity index (χ0n) is 27.3. The van der Waals surface area contributed by atoms with Crippen LogP contribution >= 0.6 is 0 Å². The number of hydrogen-bond donors (Lipinski definition) is 0. The van der Waals surface area contributed by atoms with Crippen LogP contribution in [0, 0.1) is 0 Å². The molecule has 0 unspecified atom stereocenters. The minimum atomic E-state index is 0.566. The van der Waals surface area contributed by atoms with E-state index in [4.69, 9.17) is 28.2 Å². The maximum Gasteiger partial charge on any atom is 0.164 e. The molecule has 0 bridgehead atoms. The first-order valence-electron chi connectivity index (χ1n) is 17.2. The molecule has 1 aliphatic rings. The summed E-state index contributed by atoms with van der Waals surface area (Å²) in [7, 11) is 0. The Kier molecular flexibility index (Phi) is 5.98. The van der Waals surface area contributed by atoms with Crippen LogP contribution in [0.3, 0.4) is 0 Å². The van der Waals surface area contributed by atoms with Crippen molar-refractivity contribution in [2.45, 2.75) is 12.8 Å². The summed E-state index contributed by atoms with van der Waals surface area (Å²) in [5.74, 6) is 2.78. The average Bonchev–Trinajstić information content (AvgIpc) is 3.88. The van der Waals surface area contributed by atoms with Gasteiger partial charge >= 0.3 is 0 Å². The van der Waals surface area contributed by atoms with Gasteiger partial charge in [0.1, 0.15) is 33.7 Å². The molecule has 0 saturated carbocycles. The van der Waals surface area contributed by atoms with Crippen molar-refractivity contribution in [2.75, 3.05) is 0 Å². The summed E-state index contributed by atoms with van der Waals surface area (Å²) in [6.45, 7) is 0. The van der Waals surface area contributed by atoms with Crippen LogP contribution in [0.5, 0.6) is 0 Å². The van der Waals surface area contributed by atoms with Gasteiger partial charge in [-0.05, 0) is 60.0 Å². The number of aromatic nitrogens is 3. The van der Waals surface area contributed by atoms with Crippen molar-refractivity contribution in [2.24, 2.45) is 0 Å². The number of aryl methyl sites for hydroxylation is 1. The summed E-state index contributed by atoms with van der Waals surface area (Å²) >= 11 is 0. The van der Waals surface area contributed by atoms with Gasteiger partial charge in [-0.3, -0.25) is 0 Å². The van der Waals surface area contributed by atoms with Crippen molar-refractivity contribution >= 4 is 60.9 Å². The molecule has 0 atom stereocenters. The highest BCUT2D eigenvalue weighted by Crippen LogP contribution is 2.42. The molecule has 0 saturated heterocycles. The SMILES string of the molecule is C1=Cc2c(oc3cccc(-c4ccc5oc6cccc(-c7nc(-c8ccccc8)nc(-c8ccc9c(c8)oc8ccccc89)n7)c6c5c4)c23)CC1. The minimum absolute atomic E-state index is 0.566. The van der Waals surface area contributed by atoms with E-state index in [2.05, 4.69) is 72.8 Å². The highest BCUT2D eigenvalue weighted by atomic mass is 16.3. The van der Waals surface area contributed by atoms with E-state index in [0.717, 1.165) is 101 Å². The highest BCUT2D eigenvalue weighted by molar-refractivity contribution is 6.14. The van der Waals surface area contributed by atoms with Crippen LogP contribution < -0.4 is 0 Å². The summed E-state index contributed by atoms with van der Waals surface area (Å²) in [6.07, 6.45) is 6.35. The molecule has 4 aromatic heterocycles. The standard InChI is InChI=1S/C45H27N3O3/c1-2-10-26(11-3-1)43-46-44(28-20-22-31-30-12-4-6-16-35(30)51-40(31)25-28)48-45(47-43)33-15-9-19-39-42(33)34-24-27(21-23-37(34)50-39)29-14-8-18-38-41(29)32-13-5-7-17-36(32)49-38/h1-6,8-16,18-25H,7,17H2. The minimum Gasteiger partial charge on any atom is -0.460 e. The van der Waals surface area contributed by atoms with Crippen LogP contribution in [-0.4, -0.2) is 15.0 Å². The van der Waals surface area contributed by atoms with E-state index in [0.29, 0.717) is 17.5 Å². The lowest BCUT2D eigenvalue weighted by Crippen LogP contribution is -2.00. The monoisotopic (exact) mass is 657 g/mol. The smallest absolute Gasteiger partial charge is 0.164 e. The van der Waals surface area contributed by atoms with E-state index < -0.39 is 0 Å². The van der Waals surface area contributed by atoms with Crippen molar-refractivity contribution in [3.63, 3.8) is 0 Å². The Morgan fingerprint density at radius 1 is 0.431 bits per heavy atom. The lowest BCUT2D eigenvalue weighted by Gasteiger charge is -2.10. The molecule has 6 heteroatoms. The molecule has 0 N–H and O–H groups in total. The Morgan fingerprint density at radius 3 is 2.02 bits per heavy atom. The van der Waals surface area contributed by atoms with Crippen LogP contribution in [0.2, 0.25) is 0 Å². The first kappa shape index (κ1) is 28.1. The van der Waals surface area contributed by atoms with Crippen LogP contribution in [0.15, 0.2) is 147 Å². The summed E-state index contributed by atoms with van der Waals surface area (Å²) in [5.41, 5.74) is 10.1. The molecular weight excluding hydrogens is 631 g/mol. The lowest BCUT2D eigenvalue weighted by atomic mass is 9.94. The lowest BCUT2D eigenvalue weighted by molar-refractivity contribution is 0.546. The molecule has 240 valence electrons. The number of benzene rings is 6. The quantitative estimate of drug-likeness (QED) is 0.187. The molecule has 10 aromatic rings. The summed E-state index contributed by atoms with van der Waals surface area (Å²) in [6, 6.07) is 43.1. The Labute approximate surface area is 291 Å². The van der Waals surface area contributed by atoms with E-state index in [1.807, 2.05) is 66.7 Å². The van der Waals surface area contributed by atoms with Crippen LogP contribution in [0.25, 0.3) is 106 Å². The largest absolute Gasteiger partial charge is 0.460 e. The molecule has 11 rings (SSSR count). The third-order valence-corrected chi connectivity index (χ3v) is 10.0. The predicted octanol–water partition coefficient (Wildman–Crippen LogP) is 12.0. The number of fused-ring (bicyclic) bond motifs is 9. The van der Waals surface area contributed by atoms with Crippen LogP contribution in [0.1, 0.15) is 17.7 Å². The topological polar surface area (TPSA) is 78.1 Å². The van der Waals surface area contributed by atoms with Crippen LogP contribution in [-0.2, 0) is 6.42 Å². The van der Waals surface area contributed by atoms with Gasteiger partial charge in [-0.1, -0.05) is 97.1 Å². The maximum atomic E-state index is 6.46. The number of allylic oxidation sites excluding steroid dienone is 1. The number of para-hydroxylation sites is 1. The Balaban J connectivity index is 1.12. The fourth-order valence-corrected chi connectivity index (χ4v) is 7.63. The molecule has 0 aliphatic heterocycles. The first-order valence-corrected chi connectivity index (χ1v) is 17.2. The van der Waals surface area contributed by atoms with E-state index in [9.17, 15) is 0 Å². The van der Waals surface area contributed by atoms with Crippen molar-refractivity contribution in [1.29, 1.82) is 0 Å². The van der Waals surface area contributed by atoms with E-state index in [-0.39, 0.29) is 0 Å². The molecule has 51 heavy (non-hydrogen) atoms. The van der Waals surface area contributed by atoms with Gasteiger partial charge in [-0.15, -0.1) is 0 Å². The Bertz CT molecular complexity index is 3040. The molecule has 1 aliphatic carbocycles. The Hall–Kier alpha value is -6.79. The fraction of sp³-hybridized carbons (Fsp3) is 0.0444. The van der Waals surface area contributed by atoms with Gasteiger partial charge in [-0.2, -0.15) is 0 Å². The van der Waals surface area contributed by atoms with Gasteiger partial charge in [0.15, 0.2) is 17.5 Å². The van der Waals surface area contributed by atoms with E-state index >= 15 is 0 Å². The first-order chi connectivity index (χ1) is 25.2. The van der Waals surface area contributed by atoms with Crippen molar-refractivity contribution < 1.29 is 13.3 Å². The Morgan fingerprint density at radius 2 is 1.12 bits per heavy atom. The predicted molar refractivity (Wildman–Crippen MR) is 203 cm³/mol. The molecular formula is C45H27N3O3. The summed E-state index contributed by atoms with van der Waals surface area (Å²) in [5, 5.41) is 5.24. The average molecular weight is 658 g/mol. The third-order valence-electron chi connectivity index (χ3n) is 10.0. The molecule has 0 amide bonds. The van der Waals surface area contributed by atoms with Crippen LogP contribution in [0.4, 0.5) is 0 Å². The van der Waals surface area contributed by atoms with E-state index in [1.165, 1.54) is 5.56 Å². The zero-order valence-corrected chi connectivity index (χ0v) is 27.3.